The third-order valence-electron chi connectivity index (χ3n) is 2.67. The lowest BCUT2D eigenvalue weighted by Crippen LogP contribution is -2.25. The van der Waals surface area contributed by atoms with Crippen LogP contribution in [0.25, 0.3) is 0 Å². The van der Waals surface area contributed by atoms with Crippen LogP contribution < -0.4 is 4.74 Å². The molecule has 0 spiro atoms. The Morgan fingerprint density at radius 3 is 2.53 bits per heavy atom. The Kier molecular flexibility index (Phi) is 4.36. The Bertz CT molecular complexity index is 465. The Hall–Kier alpha value is -0.810. The molecule has 4 nitrogen and oxygen atoms in total. The summed E-state index contributed by atoms with van der Waals surface area (Å²) in [7, 11) is 0. The van der Waals surface area contributed by atoms with E-state index < -0.39 is 5.79 Å². The van der Waals surface area contributed by atoms with Crippen molar-refractivity contribution in [2.24, 2.45) is 0 Å². The van der Waals surface area contributed by atoms with Crippen LogP contribution in [0.5, 0.6) is 5.75 Å². The van der Waals surface area contributed by atoms with Gasteiger partial charge in [0.15, 0.2) is 12.1 Å². The SMILES string of the molecule is CC1(C)OC[C@@H](COc2cc(Cl)c(C=O)c(Cl)c2)O1. The number of ether oxygens (including phenoxy) is 3. The molecule has 0 aliphatic carbocycles. The van der Waals surface area contributed by atoms with Crippen LogP contribution in [0.15, 0.2) is 12.1 Å². The van der Waals surface area contributed by atoms with Crippen molar-refractivity contribution in [2.45, 2.75) is 25.7 Å². The van der Waals surface area contributed by atoms with Crippen LogP contribution in [0.4, 0.5) is 0 Å². The fourth-order valence-electron chi connectivity index (χ4n) is 1.79. The molecule has 1 fully saturated rings. The van der Waals surface area contributed by atoms with Crippen molar-refractivity contribution in [1.82, 2.24) is 0 Å². The molecule has 0 N–H and O–H groups in total. The van der Waals surface area contributed by atoms with E-state index in [0.29, 0.717) is 25.2 Å². The van der Waals surface area contributed by atoms with Crippen molar-refractivity contribution in [3.8, 4) is 5.75 Å². The van der Waals surface area contributed by atoms with Gasteiger partial charge in [-0.15, -0.1) is 0 Å². The van der Waals surface area contributed by atoms with Crippen molar-refractivity contribution >= 4 is 29.5 Å². The van der Waals surface area contributed by atoms with Gasteiger partial charge in [0.05, 0.1) is 22.2 Å². The van der Waals surface area contributed by atoms with E-state index in [9.17, 15) is 4.79 Å². The molecule has 1 aromatic carbocycles. The smallest absolute Gasteiger partial charge is 0.163 e. The van der Waals surface area contributed by atoms with Gasteiger partial charge in [0.25, 0.3) is 0 Å². The van der Waals surface area contributed by atoms with E-state index in [1.807, 2.05) is 13.8 Å². The average Bonchev–Trinajstić information content (AvgIpc) is 2.66. The number of carbonyl (C=O) groups is 1. The fourth-order valence-corrected chi connectivity index (χ4v) is 2.35. The maximum atomic E-state index is 10.8. The van der Waals surface area contributed by atoms with Crippen molar-refractivity contribution in [1.29, 1.82) is 0 Å². The molecule has 1 saturated heterocycles. The molecule has 19 heavy (non-hydrogen) atoms. The summed E-state index contributed by atoms with van der Waals surface area (Å²) in [6.07, 6.45) is 0.475. The van der Waals surface area contributed by atoms with Crippen molar-refractivity contribution in [3.05, 3.63) is 27.7 Å². The topological polar surface area (TPSA) is 44.8 Å². The second-order valence-electron chi connectivity index (χ2n) is 4.68. The van der Waals surface area contributed by atoms with Crippen molar-refractivity contribution in [2.75, 3.05) is 13.2 Å². The highest BCUT2D eigenvalue weighted by atomic mass is 35.5. The first-order valence-electron chi connectivity index (χ1n) is 5.80. The van der Waals surface area contributed by atoms with Gasteiger partial charge in [-0.25, -0.2) is 0 Å². The molecule has 104 valence electrons. The molecule has 1 heterocycles. The molecular weight excluding hydrogens is 291 g/mol. The minimum atomic E-state index is -0.579. The first-order chi connectivity index (χ1) is 8.91. The van der Waals surface area contributed by atoms with Gasteiger partial charge in [-0.05, 0) is 26.0 Å². The van der Waals surface area contributed by atoms with Gasteiger partial charge < -0.3 is 14.2 Å². The third kappa shape index (κ3) is 3.60. The summed E-state index contributed by atoms with van der Waals surface area (Å²) < 4.78 is 16.6. The zero-order valence-corrected chi connectivity index (χ0v) is 12.1. The lowest BCUT2D eigenvalue weighted by Gasteiger charge is -2.17. The van der Waals surface area contributed by atoms with Gasteiger partial charge in [-0.1, -0.05) is 23.2 Å². The number of rotatable bonds is 4. The van der Waals surface area contributed by atoms with Crippen molar-refractivity contribution in [3.63, 3.8) is 0 Å². The Labute approximate surface area is 121 Å². The minimum Gasteiger partial charge on any atom is -0.491 e. The number of hydrogen-bond donors (Lipinski definition) is 0. The highest BCUT2D eigenvalue weighted by molar-refractivity contribution is 6.38. The maximum Gasteiger partial charge on any atom is 0.163 e. The van der Waals surface area contributed by atoms with Crippen molar-refractivity contribution < 1.29 is 19.0 Å². The second kappa shape index (κ2) is 5.67. The van der Waals surface area contributed by atoms with E-state index >= 15 is 0 Å². The van der Waals surface area contributed by atoms with Gasteiger partial charge in [0, 0.05) is 0 Å². The summed E-state index contributed by atoms with van der Waals surface area (Å²) in [6.45, 7) is 4.50. The van der Waals surface area contributed by atoms with Crippen LogP contribution >= 0.6 is 23.2 Å². The normalized spacial score (nSPS) is 21.4. The summed E-state index contributed by atoms with van der Waals surface area (Å²) >= 11 is 11.8. The molecule has 1 atom stereocenters. The summed E-state index contributed by atoms with van der Waals surface area (Å²) in [5.41, 5.74) is 0.261. The molecule has 0 bridgehead atoms. The number of benzene rings is 1. The van der Waals surface area contributed by atoms with Gasteiger partial charge in [-0.3, -0.25) is 4.79 Å². The molecule has 0 saturated carbocycles. The average molecular weight is 305 g/mol. The summed E-state index contributed by atoms with van der Waals surface area (Å²) in [5, 5.41) is 0.530. The van der Waals surface area contributed by atoms with E-state index in [1.54, 1.807) is 12.1 Å². The highest BCUT2D eigenvalue weighted by Gasteiger charge is 2.33. The lowest BCUT2D eigenvalue weighted by atomic mass is 10.2. The highest BCUT2D eigenvalue weighted by Crippen LogP contribution is 2.30. The fraction of sp³-hybridized carbons (Fsp3) is 0.462. The zero-order chi connectivity index (χ0) is 14.0. The van der Waals surface area contributed by atoms with Gasteiger partial charge in [0.2, 0.25) is 0 Å². The largest absolute Gasteiger partial charge is 0.491 e. The van der Waals surface area contributed by atoms with Crippen LogP contribution in [0, 0.1) is 0 Å². The zero-order valence-electron chi connectivity index (χ0n) is 10.6. The first kappa shape index (κ1) is 14.6. The quantitative estimate of drug-likeness (QED) is 0.800. The molecule has 1 aromatic rings. The lowest BCUT2D eigenvalue weighted by molar-refractivity contribution is -0.141. The van der Waals surface area contributed by atoms with Crippen LogP contribution in [-0.4, -0.2) is 31.4 Å². The molecule has 1 aliphatic rings. The van der Waals surface area contributed by atoms with Crippen LogP contribution in [0.1, 0.15) is 24.2 Å². The molecule has 6 heteroatoms. The van der Waals surface area contributed by atoms with E-state index in [1.165, 1.54) is 0 Å². The minimum absolute atomic E-state index is 0.140. The molecule has 0 unspecified atom stereocenters. The predicted octanol–water partition coefficient (Wildman–Crippen LogP) is 3.34. The van der Waals surface area contributed by atoms with Crippen LogP contribution in [-0.2, 0) is 9.47 Å². The number of hydrogen-bond acceptors (Lipinski definition) is 4. The molecule has 1 aliphatic heterocycles. The number of halogens is 2. The van der Waals surface area contributed by atoms with Gasteiger partial charge in [0.1, 0.15) is 18.5 Å². The van der Waals surface area contributed by atoms with E-state index in [4.69, 9.17) is 37.4 Å². The van der Waals surface area contributed by atoms with Gasteiger partial charge in [-0.2, -0.15) is 0 Å². The molecular formula is C13H14Cl2O4. The maximum absolute atomic E-state index is 10.8. The van der Waals surface area contributed by atoms with Gasteiger partial charge >= 0.3 is 0 Å². The predicted molar refractivity (Wildman–Crippen MR) is 72.2 cm³/mol. The Balaban J connectivity index is 1.99. The van der Waals surface area contributed by atoms with E-state index in [0.717, 1.165) is 0 Å². The molecule has 0 amide bonds. The van der Waals surface area contributed by atoms with E-state index in [-0.39, 0.29) is 21.7 Å². The number of aldehydes is 1. The van der Waals surface area contributed by atoms with E-state index in [2.05, 4.69) is 0 Å². The van der Waals surface area contributed by atoms with Crippen LogP contribution in [0.2, 0.25) is 10.0 Å². The monoisotopic (exact) mass is 304 g/mol. The summed E-state index contributed by atoms with van der Waals surface area (Å²) in [5.74, 6) is -0.0843. The first-order valence-corrected chi connectivity index (χ1v) is 6.55. The molecule has 0 radical (unpaired) electrons. The summed E-state index contributed by atoms with van der Waals surface area (Å²) in [4.78, 5) is 10.8. The van der Waals surface area contributed by atoms with Crippen LogP contribution in [0.3, 0.4) is 0 Å². The Morgan fingerprint density at radius 2 is 2.05 bits per heavy atom. The summed E-state index contributed by atoms with van der Waals surface area (Å²) in [6, 6.07) is 3.11. The molecule has 2 rings (SSSR count). The molecule has 0 aromatic heterocycles. The second-order valence-corrected chi connectivity index (χ2v) is 5.49. The third-order valence-corrected chi connectivity index (χ3v) is 3.30. The standard InChI is InChI=1S/C13H14Cl2O4/c1-13(2)18-7-9(19-13)6-17-8-3-11(14)10(5-16)12(15)4-8/h3-5,9H,6-7H2,1-2H3/t9-/m1/s1. The number of carbonyl (C=O) groups excluding carboxylic acids is 1. The Morgan fingerprint density at radius 1 is 1.42 bits per heavy atom.